The molecule has 1 N–H and O–H groups in total. The van der Waals surface area contributed by atoms with E-state index in [1.807, 2.05) is 19.0 Å². The highest BCUT2D eigenvalue weighted by molar-refractivity contribution is 5.85. The van der Waals surface area contributed by atoms with Gasteiger partial charge in [0.1, 0.15) is 5.82 Å². The number of hydrogen-bond donors (Lipinski definition) is 1. The number of aliphatic carboxylic acids is 1. The van der Waals surface area contributed by atoms with Gasteiger partial charge in [-0.2, -0.15) is 0 Å². The Labute approximate surface area is 93.8 Å². The number of nitrogens with zero attached hydrogens (tertiary/aromatic N) is 1. The summed E-state index contributed by atoms with van der Waals surface area (Å²) in [6.45, 7) is 0.638. The second-order valence-electron chi connectivity index (χ2n) is 3.75. The summed E-state index contributed by atoms with van der Waals surface area (Å²) < 4.78 is 13.0. The number of carboxylic acids is 1. The van der Waals surface area contributed by atoms with Crippen molar-refractivity contribution in [2.75, 3.05) is 14.1 Å². The highest BCUT2D eigenvalue weighted by Gasteiger charge is 2.03. The van der Waals surface area contributed by atoms with Crippen molar-refractivity contribution in [3.63, 3.8) is 0 Å². The van der Waals surface area contributed by atoms with Gasteiger partial charge in [-0.3, -0.25) is 0 Å². The molecule has 3 nitrogen and oxygen atoms in total. The first kappa shape index (κ1) is 12.4. The number of carbonyl (C=O) groups is 1. The molecule has 0 atom stereocenters. The first-order valence-electron chi connectivity index (χ1n) is 4.83. The molecule has 0 aromatic heterocycles. The molecule has 0 aliphatic carbocycles. The van der Waals surface area contributed by atoms with Crippen LogP contribution in [-0.4, -0.2) is 30.1 Å². The van der Waals surface area contributed by atoms with Crippen LogP contribution in [0.3, 0.4) is 0 Å². The Morgan fingerprint density at radius 2 is 2.19 bits per heavy atom. The van der Waals surface area contributed by atoms with Gasteiger partial charge in [0.15, 0.2) is 0 Å². The lowest BCUT2D eigenvalue weighted by Crippen LogP contribution is -2.11. The summed E-state index contributed by atoms with van der Waals surface area (Å²) in [6, 6.07) is 4.37. The Balaban J connectivity index is 3.03. The van der Waals surface area contributed by atoms with Crippen molar-refractivity contribution in [1.29, 1.82) is 0 Å². The molecule has 0 heterocycles. The number of benzene rings is 1. The third kappa shape index (κ3) is 3.82. The summed E-state index contributed by atoms with van der Waals surface area (Å²) in [6.07, 6.45) is 2.41. The van der Waals surface area contributed by atoms with Crippen molar-refractivity contribution in [1.82, 2.24) is 4.90 Å². The van der Waals surface area contributed by atoms with Crippen molar-refractivity contribution in [3.8, 4) is 0 Å². The minimum absolute atomic E-state index is 0.368. The van der Waals surface area contributed by atoms with Crippen molar-refractivity contribution in [2.45, 2.75) is 6.54 Å². The van der Waals surface area contributed by atoms with Crippen LogP contribution in [-0.2, 0) is 11.3 Å². The molecule has 1 aromatic carbocycles. The zero-order chi connectivity index (χ0) is 12.1. The van der Waals surface area contributed by atoms with Crippen LogP contribution in [0.15, 0.2) is 24.3 Å². The minimum Gasteiger partial charge on any atom is -0.478 e. The van der Waals surface area contributed by atoms with E-state index >= 15 is 0 Å². The van der Waals surface area contributed by atoms with Crippen LogP contribution in [0.1, 0.15) is 11.1 Å². The van der Waals surface area contributed by atoms with E-state index in [0.717, 1.165) is 11.6 Å². The van der Waals surface area contributed by atoms with Crippen LogP contribution in [0.25, 0.3) is 6.08 Å². The SMILES string of the molecule is CN(C)Cc1ccc(F)cc1C=CC(=O)O. The number of hydrogen-bond acceptors (Lipinski definition) is 2. The molecule has 0 fully saturated rings. The molecule has 0 aliphatic rings. The predicted octanol–water partition coefficient (Wildman–Crippen LogP) is 1.99. The monoisotopic (exact) mass is 223 g/mol. The Morgan fingerprint density at radius 1 is 1.50 bits per heavy atom. The molecule has 0 spiro atoms. The largest absolute Gasteiger partial charge is 0.478 e. The standard InChI is InChI=1S/C12H14FNO2/c1-14(2)8-10-3-5-11(13)7-9(10)4-6-12(15)16/h3-7H,8H2,1-2H3,(H,15,16). The normalized spacial score (nSPS) is 11.2. The third-order valence-electron chi connectivity index (χ3n) is 2.00. The molecule has 1 rings (SSSR count). The van der Waals surface area contributed by atoms with Crippen molar-refractivity contribution in [2.24, 2.45) is 0 Å². The molecule has 16 heavy (non-hydrogen) atoms. The smallest absolute Gasteiger partial charge is 0.328 e. The maximum atomic E-state index is 13.0. The van der Waals surface area contributed by atoms with E-state index in [1.165, 1.54) is 18.2 Å². The average Bonchev–Trinajstić information content (AvgIpc) is 2.17. The molecule has 0 aliphatic heterocycles. The van der Waals surface area contributed by atoms with E-state index in [2.05, 4.69) is 0 Å². The summed E-state index contributed by atoms with van der Waals surface area (Å²) in [4.78, 5) is 12.3. The van der Waals surface area contributed by atoms with E-state index in [0.29, 0.717) is 12.1 Å². The van der Waals surface area contributed by atoms with Gasteiger partial charge in [0.25, 0.3) is 0 Å². The van der Waals surface area contributed by atoms with E-state index in [-0.39, 0.29) is 5.82 Å². The fraction of sp³-hybridized carbons (Fsp3) is 0.250. The zero-order valence-corrected chi connectivity index (χ0v) is 9.27. The van der Waals surface area contributed by atoms with Gasteiger partial charge in [0.2, 0.25) is 0 Å². The molecule has 0 saturated carbocycles. The maximum Gasteiger partial charge on any atom is 0.328 e. The molecule has 0 bridgehead atoms. The first-order chi connectivity index (χ1) is 7.49. The van der Waals surface area contributed by atoms with Gasteiger partial charge in [-0.15, -0.1) is 0 Å². The fourth-order valence-corrected chi connectivity index (χ4v) is 1.37. The zero-order valence-electron chi connectivity index (χ0n) is 9.27. The molecule has 0 unspecified atom stereocenters. The lowest BCUT2D eigenvalue weighted by molar-refractivity contribution is -0.131. The summed E-state index contributed by atoms with van der Waals surface area (Å²) >= 11 is 0. The lowest BCUT2D eigenvalue weighted by atomic mass is 10.1. The molecule has 86 valence electrons. The van der Waals surface area contributed by atoms with Crippen molar-refractivity contribution >= 4 is 12.0 Å². The molecule has 0 amide bonds. The van der Waals surface area contributed by atoms with Crippen molar-refractivity contribution < 1.29 is 14.3 Å². The van der Waals surface area contributed by atoms with Crippen LogP contribution >= 0.6 is 0 Å². The molecule has 1 aromatic rings. The van der Waals surface area contributed by atoms with Crippen LogP contribution in [0.2, 0.25) is 0 Å². The van der Waals surface area contributed by atoms with Crippen molar-refractivity contribution in [3.05, 3.63) is 41.2 Å². The summed E-state index contributed by atoms with van der Waals surface area (Å²) in [5.74, 6) is -1.41. The van der Waals surface area contributed by atoms with Crippen LogP contribution in [0.5, 0.6) is 0 Å². The van der Waals surface area contributed by atoms with Crippen LogP contribution < -0.4 is 0 Å². The van der Waals surface area contributed by atoms with Gasteiger partial charge in [-0.25, -0.2) is 9.18 Å². The van der Waals surface area contributed by atoms with Gasteiger partial charge < -0.3 is 10.0 Å². The second-order valence-corrected chi connectivity index (χ2v) is 3.75. The Morgan fingerprint density at radius 3 is 2.75 bits per heavy atom. The summed E-state index contributed by atoms with van der Waals surface area (Å²) in [5.41, 5.74) is 1.49. The molecule has 0 radical (unpaired) electrons. The van der Waals surface area contributed by atoms with Gasteiger partial charge in [0.05, 0.1) is 0 Å². The van der Waals surface area contributed by atoms with Crippen LogP contribution in [0, 0.1) is 5.82 Å². The Hall–Kier alpha value is -1.68. The molecular weight excluding hydrogens is 209 g/mol. The number of carboxylic acid groups (broad SMARTS) is 1. The second kappa shape index (κ2) is 5.42. The molecule has 4 heteroatoms. The lowest BCUT2D eigenvalue weighted by Gasteiger charge is -2.12. The van der Waals surface area contributed by atoms with Gasteiger partial charge in [0, 0.05) is 12.6 Å². The van der Waals surface area contributed by atoms with Gasteiger partial charge in [-0.05, 0) is 43.4 Å². The predicted molar refractivity (Wildman–Crippen MR) is 60.5 cm³/mol. The highest BCUT2D eigenvalue weighted by Crippen LogP contribution is 2.14. The van der Waals surface area contributed by atoms with Crippen LogP contribution in [0.4, 0.5) is 4.39 Å². The maximum absolute atomic E-state index is 13.0. The van der Waals surface area contributed by atoms with Gasteiger partial charge >= 0.3 is 5.97 Å². The topological polar surface area (TPSA) is 40.5 Å². The Bertz CT molecular complexity index is 413. The third-order valence-corrected chi connectivity index (χ3v) is 2.00. The number of rotatable bonds is 4. The fourth-order valence-electron chi connectivity index (χ4n) is 1.37. The highest BCUT2D eigenvalue weighted by atomic mass is 19.1. The van der Waals surface area contributed by atoms with E-state index < -0.39 is 5.97 Å². The number of halogens is 1. The summed E-state index contributed by atoms with van der Waals surface area (Å²) in [7, 11) is 3.79. The average molecular weight is 223 g/mol. The van der Waals surface area contributed by atoms with Gasteiger partial charge in [-0.1, -0.05) is 6.07 Å². The quantitative estimate of drug-likeness (QED) is 0.793. The minimum atomic E-state index is -1.04. The molecule has 0 saturated heterocycles. The van der Waals surface area contributed by atoms with E-state index in [9.17, 15) is 9.18 Å². The van der Waals surface area contributed by atoms with E-state index in [4.69, 9.17) is 5.11 Å². The van der Waals surface area contributed by atoms with E-state index in [1.54, 1.807) is 6.07 Å². The Kier molecular flexibility index (Phi) is 4.19. The summed E-state index contributed by atoms with van der Waals surface area (Å²) in [5, 5.41) is 8.53. The molecular formula is C12H14FNO2. The first-order valence-corrected chi connectivity index (χ1v) is 4.83.